The molecule has 1 fully saturated rings. The van der Waals surface area contributed by atoms with Crippen molar-refractivity contribution in [2.75, 3.05) is 31.1 Å². The van der Waals surface area contributed by atoms with Gasteiger partial charge in [0.25, 0.3) is 0 Å². The van der Waals surface area contributed by atoms with Gasteiger partial charge in [-0.25, -0.2) is 0 Å². The molecule has 1 aliphatic heterocycles. The van der Waals surface area contributed by atoms with E-state index in [1.807, 2.05) is 6.07 Å². The molecule has 3 nitrogen and oxygen atoms in total. The lowest BCUT2D eigenvalue weighted by molar-refractivity contribution is 0.217. The maximum absolute atomic E-state index is 5.85. The third kappa shape index (κ3) is 3.37. The number of nitrogens with zero attached hydrogens (tertiary/aromatic N) is 1. The normalized spacial score (nSPS) is 17.9. The summed E-state index contributed by atoms with van der Waals surface area (Å²) in [5.41, 5.74) is 1.27. The quantitative estimate of drug-likeness (QED) is 0.865. The fourth-order valence-corrected chi connectivity index (χ4v) is 1.99. The van der Waals surface area contributed by atoms with Crippen LogP contribution in [0.5, 0.6) is 5.75 Å². The lowest BCUT2D eigenvalue weighted by Gasteiger charge is -2.29. The van der Waals surface area contributed by atoms with Crippen LogP contribution in [0.25, 0.3) is 0 Å². The molecule has 1 heterocycles. The first kappa shape index (κ1) is 12.2. The molecule has 1 aliphatic rings. The second-order valence-electron chi connectivity index (χ2n) is 4.57. The molecule has 0 saturated carbocycles. The Labute approximate surface area is 104 Å². The summed E-state index contributed by atoms with van der Waals surface area (Å²) in [6, 6.07) is 8.43. The van der Waals surface area contributed by atoms with Gasteiger partial charge in [-0.2, -0.15) is 0 Å². The monoisotopic (exact) mass is 234 g/mol. The lowest BCUT2D eigenvalue weighted by Crippen LogP contribution is -2.43. The van der Waals surface area contributed by atoms with E-state index in [0.29, 0.717) is 0 Å². The number of anilines is 1. The molecule has 1 aromatic rings. The molecule has 0 amide bonds. The van der Waals surface area contributed by atoms with Crippen LogP contribution in [0.2, 0.25) is 0 Å². The predicted octanol–water partition coefficient (Wildman–Crippen LogP) is 2.27. The Hall–Kier alpha value is -1.22. The van der Waals surface area contributed by atoms with Gasteiger partial charge in [0, 0.05) is 37.9 Å². The number of hydrogen-bond acceptors (Lipinski definition) is 3. The molecule has 1 aromatic carbocycles. The van der Waals surface area contributed by atoms with Gasteiger partial charge in [0.1, 0.15) is 5.75 Å². The highest BCUT2D eigenvalue weighted by atomic mass is 16.5. The van der Waals surface area contributed by atoms with Gasteiger partial charge >= 0.3 is 0 Å². The van der Waals surface area contributed by atoms with Crippen LogP contribution in [0, 0.1) is 0 Å². The topological polar surface area (TPSA) is 24.5 Å². The Balaban J connectivity index is 2.05. The molecule has 0 aromatic heterocycles. The first-order valence-electron chi connectivity index (χ1n) is 6.52. The van der Waals surface area contributed by atoms with Crippen molar-refractivity contribution >= 4 is 5.69 Å². The first-order valence-corrected chi connectivity index (χ1v) is 6.52. The van der Waals surface area contributed by atoms with Crippen molar-refractivity contribution in [2.45, 2.75) is 26.4 Å². The van der Waals surface area contributed by atoms with Crippen LogP contribution in [0.4, 0.5) is 5.69 Å². The summed E-state index contributed by atoms with van der Waals surface area (Å²) in [4.78, 5) is 2.40. The van der Waals surface area contributed by atoms with E-state index in [-0.39, 0.29) is 6.10 Å². The molecular formula is C14H22N2O. The third-order valence-corrected chi connectivity index (χ3v) is 3.21. The van der Waals surface area contributed by atoms with Gasteiger partial charge in [-0.05, 0) is 25.5 Å². The van der Waals surface area contributed by atoms with Crippen LogP contribution in [0.15, 0.2) is 24.3 Å². The highest BCUT2D eigenvalue weighted by Gasteiger charge is 2.11. The minimum absolute atomic E-state index is 0.285. The average molecular weight is 234 g/mol. The summed E-state index contributed by atoms with van der Waals surface area (Å²) in [7, 11) is 0. The fraction of sp³-hybridized carbons (Fsp3) is 0.571. The smallest absolute Gasteiger partial charge is 0.121 e. The number of nitrogens with one attached hydrogen (secondary N) is 1. The minimum atomic E-state index is 0.285. The van der Waals surface area contributed by atoms with E-state index in [1.165, 1.54) is 5.69 Å². The second-order valence-corrected chi connectivity index (χ2v) is 4.57. The summed E-state index contributed by atoms with van der Waals surface area (Å²) in [5, 5.41) is 3.37. The van der Waals surface area contributed by atoms with Crippen LogP contribution in [-0.2, 0) is 0 Å². The summed E-state index contributed by atoms with van der Waals surface area (Å²) in [5.74, 6) is 0.982. The van der Waals surface area contributed by atoms with Gasteiger partial charge in [0.2, 0.25) is 0 Å². The Bertz CT molecular complexity index is 348. The summed E-state index contributed by atoms with van der Waals surface area (Å²) in [6.45, 7) is 8.54. The third-order valence-electron chi connectivity index (χ3n) is 3.21. The molecule has 1 atom stereocenters. The van der Waals surface area contributed by atoms with Crippen LogP contribution in [0.3, 0.4) is 0 Å². The molecular weight excluding hydrogens is 212 g/mol. The second kappa shape index (κ2) is 5.92. The van der Waals surface area contributed by atoms with E-state index in [1.54, 1.807) is 0 Å². The van der Waals surface area contributed by atoms with Crippen molar-refractivity contribution < 1.29 is 4.74 Å². The largest absolute Gasteiger partial charge is 0.491 e. The SMILES string of the molecule is CCC(C)Oc1cccc(N2CCNCC2)c1. The van der Waals surface area contributed by atoms with Crippen molar-refractivity contribution in [1.29, 1.82) is 0 Å². The van der Waals surface area contributed by atoms with Crippen molar-refractivity contribution in [1.82, 2.24) is 5.32 Å². The molecule has 94 valence electrons. The van der Waals surface area contributed by atoms with Crippen LogP contribution < -0.4 is 15.0 Å². The van der Waals surface area contributed by atoms with E-state index in [0.717, 1.165) is 38.3 Å². The number of ether oxygens (including phenoxy) is 1. The highest BCUT2D eigenvalue weighted by Crippen LogP contribution is 2.22. The van der Waals surface area contributed by atoms with Crippen molar-refractivity contribution in [3.05, 3.63) is 24.3 Å². The van der Waals surface area contributed by atoms with Gasteiger partial charge in [-0.1, -0.05) is 13.0 Å². The Morgan fingerprint density at radius 1 is 1.35 bits per heavy atom. The van der Waals surface area contributed by atoms with Crippen LogP contribution in [-0.4, -0.2) is 32.3 Å². The van der Waals surface area contributed by atoms with E-state index < -0.39 is 0 Å². The molecule has 3 heteroatoms. The summed E-state index contributed by atoms with van der Waals surface area (Å²) < 4.78 is 5.85. The van der Waals surface area contributed by atoms with Gasteiger partial charge < -0.3 is 15.0 Å². The molecule has 1 N–H and O–H groups in total. The molecule has 1 unspecified atom stereocenters. The lowest BCUT2D eigenvalue weighted by atomic mass is 10.2. The minimum Gasteiger partial charge on any atom is -0.491 e. The predicted molar refractivity (Wildman–Crippen MR) is 71.9 cm³/mol. The number of rotatable bonds is 4. The average Bonchev–Trinajstić information content (AvgIpc) is 2.40. The van der Waals surface area contributed by atoms with Gasteiger partial charge in [-0.3, -0.25) is 0 Å². The number of piperazine rings is 1. The van der Waals surface area contributed by atoms with Crippen molar-refractivity contribution in [3.8, 4) is 5.75 Å². The molecule has 0 aliphatic carbocycles. The van der Waals surface area contributed by atoms with Gasteiger partial charge in [0.15, 0.2) is 0 Å². The van der Waals surface area contributed by atoms with Gasteiger partial charge in [-0.15, -0.1) is 0 Å². The molecule has 17 heavy (non-hydrogen) atoms. The van der Waals surface area contributed by atoms with E-state index in [9.17, 15) is 0 Å². The van der Waals surface area contributed by atoms with E-state index in [2.05, 4.69) is 42.3 Å². The Morgan fingerprint density at radius 2 is 2.12 bits per heavy atom. The Morgan fingerprint density at radius 3 is 2.82 bits per heavy atom. The zero-order valence-corrected chi connectivity index (χ0v) is 10.8. The van der Waals surface area contributed by atoms with Crippen LogP contribution >= 0.6 is 0 Å². The van der Waals surface area contributed by atoms with Gasteiger partial charge in [0.05, 0.1) is 6.10 Å². The maximum atomic E-state index is 5.85. The standard InChI is InChI=1S/C14H22N2O/c1-3-12(2)17-14-6-4-5-13(11-14)16-9-7-15-8-10-16/h4-6,11-12,15H,3,7-10H2,1-2H3. The maximum Gasteiger partial charge on any atom is 0.121 e. The van der Waals surface area contributed by atoms with Crippen LogP contribution in [0.1, 0.15) is 20.3 Å². The Kier molecular flexibility index (Phi) is 4.26. The molecule has 0 radical (unpaired) electrons. The van der Waals surface area contributed by atoms with Crippen molar-refractivity contribution in [2.24, 2.45) is 0 Å². The fourth-order valence-electron chi connectivity index (χ4n) is 1.99. The zero-order chi connectivity index (χ0) is 12.1. The molecule has 0 bridgehead atoms. The number of benzene rings is 1. The summed E-state index contributed by atoms with van der Waals surface area (Å²) in [6.07, 6.45) is 1.32. The molecule has 2 rings (SSSR count). The zero-order valence-electron chi connectivity index (χ0n) is 10.8. The van der Waals surface area contributed by atoms with E-state index >= 15 is 0 Å². The van der Waals surface area contributed by atoms with Crippen molar-refractivity contribution in [3.63, 3.8) is 0 Å². The highest BCUT2D eigenvalue weighted by molar-refractivity contribution is 5.51. The molecule has 1 saturated heterocycles. The first-order chi connectivity index (χ1) is 8.29. The molecule has 0 spiro atoms. The summed E-state index contributed by atoms with van der Waals surface area (Å²) >= 11 is 0. The number of hydrogen-bond donors (Lipinski definition) is 1. The van der Waals surface area contributed by atoms with E-state index in [4.69, 9.17) is 4.74 Å².